The van der Waals surface area contributed by atoms with Gasteiger partial charge < -0.3 is 15.4 Å². The van der Waals surface area contributed by atoms with Crippen LogP contribution in [0.1, 0.15) is 29.8 Å². The second kappa shape index (κ2) is 9.96. The molecule has 2 aromatic rings. The molecule has 1 aromatic carbocycles. The van der Waals surface area contributed by atoms with Crippen molar-refractivity contribution < 1.29 is 31.1 Å². The summed E-state index contributed by atoms with van der Waals surface area (Å²) < 4.78 is 71.4. The van der Waals surface area contributed by atoms with Gasteiger partial charge in [0.15, 0.2) is 0 Å². The number of carbonyl (C=O) groups excluding carboxylic acids is 1. The first-order chi connectivity index (χ1) is 14.5. The highest BCUT2D eigenvalue weighted by Crippen LogP contribution is 2.33. The minimum Gasteiger partial charge on any atom is -0.495 e. The van der Waals surface area contributed by atoms with E-state index in [-0.39, 0.29) is 41.2 Å². The van der Waals surface area contributed by atoms with E-state index in [1.54, 1.807) is 13.8 Å². The highest BCUT2D eigenvalue weighted by Gasteiger charge is 2.34. The van der Waals surface area contributed by atoms with E-state index in [0.29, 0.717) is 0 Å². The van der Waals surface area contributed by atoms with Crippen molar-refractivity contribution in [2.24, 2.45) is 0 Å². The molecule has 0 spiro atoms. The Labute approximate surface area is 178 Å². The van der Waals surface area contributed by atoms with Crippen LogP contribution in [0.3, 0.4) is 0 Å². The first-order valence-corrected chi connectivity index (χ1v) is 10.7. The first-order valence-electron chi connectivity index (χ1n) is 9.20. The second-order valence-corrected chi connectivity index (χ2v) is 8.40. The molecule has 8 nitrogen and oxygen atoms in total. The summed E-state index contributed by atoms with van der Waals surface area (Å²) in [6.07, 6.45) is -3.34. The van der Waals surface area contributed by atoms with E-state index in [2.05, 4.69) is 20.3 Å². The topological polar surface area (TPSA) is 109 Å². The van der Waals surface area contributed by atoms with Crippen molar-refractivity contribution in [1.82, 2.24) is 15.0 Å². The van der Waals surface area contributed by atoms with E-state index in [4.69, 9.17) is 4.74 Å². The molecule has 0 saturated carbocycles. The summed E-state index contributed by atoms with van der Waals surface area (Å²) in [5.74, 6) is -0.870. The standard InChI is InChI=1S/C19H23F3N4O4S/c1-12(2)26-31(28,29)16-11-13(6-7-15(16)30-3)18(27)25-10-9-24-17-14(19(20,21)22)5-4-8-23-17/h4-8,11-12,26H,9-10H2,1-3H3,(H,23,24)(H,25,27). The third-order valence-corrected chi connectivity index (χ3v) is 5.60. The van der Waals surface area contributed by atoms with Crippen LogP contribution in [0.25, 0.3) is 0 Å². The largest absolute Gasteiger partial charge is 0.495 e. The molecule has 0 atom stereocenters. The molecule has 1 amide bonds. The number of ether oxygens (including phenoxy) is 1. The van der Waals surface area contributed by atoms with E-state index < -0.39 is 27.7 Å². The highest BCUT2D eigenvalue weighted by molar-refractivity contribution is 7.89. The van der Waals surface area contributed by atoms with Gasteiger partial charge in [-0.25, -0.2) is 18.1 Å². The van der Waals surface area contributed by atoms with Gasteiger partial charge in [0.2, 0.25) is 10.0 Å². The summed E-state index contributed by atoms with van der Waals surface area (Å²) in [5.41, 5.74) is -0.859. The number of nitrogens with zero attached hydrogens (tertiary/aromatic N) is 1. The number of benzene rings is 1. The number of hydrogen-bond donors (Lipinski definition) is 3. The Morgan fingerprint density at radius 1 is 1.19 bits per heavy atom. The maximum absolute atomic E-state index is 13.0. The van der Waals surface area contributed by atoms with Crippen LogP contribution in [-0.4, -0.2) is 45.6 Å². The van der Waals surface area contributed by atoms with Crippen LogP contribution in [0, 0.1) is 0 Å². The average Bonchev–Trinajstić information content (AvgIpc) is 2.69. The van der Waals surface area contributed by atoms with Gasteiger partial charge in [-0.1, -0.05) is 0 Å². The lowest BCUT2D eigenvalue weighted by atomic mass is 10.2. The zero-order valence-corrected chi connectivity index (χ0v) is 17.9. The van der Waals surface area contributed by atoms with E-state index in [1.807, 2.05) is 0 Å². The van der Waals surface area contributed by atoms with Gasteiger partial charge in [0.1, 0.15) is 16.5 Å². The molecule has 0 aliphatic heterocycles. The number of nitrogens with one attached hydrogen (secondary N) is 3. The highest BCUT2D eigenvalue weighted by atomic mass is 32.2. The van der Waals surface area contributed by atoms with Crippen LogP contribution in [0.4, 0.5) is 19.0 Å². The maximum Gasteiger partial charge on any atom is 0.419 e. The Bertz CT molecular complexity index is 1030. The molecule has 12 heteroatoms. The summed E-state index contributed by atoms with van der Waals surface area (Å²) in [7, 11) is -2.61. The van der Waals surface area contributed by atoms with Gasteiger partial charge in [-0.3, -0.25) is 4.79 Å². The smallest absolute Gasteiger partial charge is 0.419 e. The monoisotopic (exact) mass is 460 g/mol. The number of hydrogen-bond acceptors (Lipinski definition) is 6. The van der Waals surface area contributed by atoms with Crippen LogP contribution in [-0.2, 0) is 16.2 Å². The van der Waals surface area contributed by atoms with Gasteiger partial charge in [-0.15, -0.1) is 0 Å². The molecule has 0 bridgehead atoms. The van der Waals surface area contributed by atoms with Crippen LogP contribution in [0.2, 0.25) is 0 Å². The number of sulfonamides is 1. The third kappa shape index (κ3) is 6.56. The minimum atomic E-state index is -4.56. The van der Waals surface area contributed by atoms with Crippen LogP contribution in [0.5, 0.6) is 5.75 Å². The van der Waals surface area contributed by atoms with Gasteiger partial charge in [0, 0.05) is 30.9 Å². The van der Waals surface area contributed by atoms with Crippen molar-refractivity contribution in [3.63, 3.8) is 0 Å². The molecule has 0 radical (unpaired) electrons. The van der Waals surface area contributed by atoms with Gasteiger partial charge in [-0.2, -0.15) is 13.2 Å². The van der Waals surface area contributed by atoms with Crippen molar-refractivity contribution in [2.45, 2.75) is 31.0 Å². The maximum atomic E-state index is 13.0. The summed E-state index contributed by atoms with van der Waals surface area (Å²) in [6.45, 7) is 3.26. The predicted molar refractivity (Wildman–Crippen MR) is 109 cm³/mol. The first kappa shape index (κ1) is 24.4. The fourth-order valence-electron chi connectivity index (χ4n) is 2.64. The SMILES string of the molecule is COc1ccc(C(=O)NCCNc2ncccc2C(F)(F)F)cc1S(=O)(=O)NC(C)C. The molecule has 0 aliphatic rings. The summed E-state index contributed by atoms with van der Waals surface area (Å²) >= 11 is 0. The Kier molecular flexibility index (Phi) is 7.85. The van der Waals surface area contributed by atoms with E-state index >= 15 is 0 Å². The molecule has 2 rings (SSSR count). The molecule has 0 saturated heterocycles. The van der Waals surface area contributed by atoms with Crippen molar-refractivity contribution in [2.75, 3.05) is 25.5 Å². The lowest BCUT2D eigenvalue weighted by Gasteiger charge is -2.15. The lowest BCUT2D eigenvalue weighted by molar-refractivity contribution is -0.137. The summed E-state index contributed by atoms with van der Waals surface area (Å²) in [6, 6.07) is 5.62. The quantitative estimate of drug-likeness (QED) is 0.497. The molecule has 31 heavy (non-hydrogen) atoms. The van der Waals surface area contributed by atoms with Gasteiger partial charge in [0.25, 0.3) is 5.91 Å². The number of methoxy groups -OCH3 is 1. The van der Waals surface area contributed by atoms with Crippen molar-refractivity contribution in [3.05, 3.63) is 47.7 Å². The molecule has 3 N–H and O–H groups in total. The number of carbonyl (C=O) groups is 1. The van der Waals surface area contributed by atoms with Crippen LogP contribution < -0.4 is 20.1 Å². The van der Waals surface area contributed by atoms with Gasteiger partial charge >= 0.3 is 6.18 Å². The van der Waals surface area contributed by atoms with Gasteiger partial charge in [0.05, 0.1) is 12.7 Å². The van der Waals surface area contributed by atoms with Crippen LogP contribution >= 0.6 is 0 Å². The fraction of sp³-hybridized carbons (Fsp3) is 0.368. The molecule has 170 valence electrons. The Morgan fingerprint density at radius 3 is 2.52 bits per heavy atom. The summed E-state index contributed by atoms with van der Waals surface area (Å²) in [4.78, 5) is 15.9. The Morgan fingerprint density at radius 2 is 1.90 bits per heavy atom. The van der Waals surface area contributed by atoms with E-state index in [9.17, 15) is 26.4 Å². The zero-order valence-electron chi connectivity index (χ0n) is 17.1. The van der Waals surface area contributed by atoms with Crippen molar-refractivity contribution in [3.8, 4) is 5.75 Å². The second-order valence-electron chi connectivity index (χ2n) is 6.72. The van der Waals surface area contributed by atoms with Gasteiger partial charge in [-0.05, 0) is 44.2 Å². The van der Waals surface area contributed by atoms with E-state index in [1.165, 1.54) is 37.6 Å². The zero-order chi connectivity index (χ0) is 23.2. The van der Waals surface area contributed by atoms with Crippen LogP contribution in [0.15, 0.2) is 41.4 Å². The molecule has 0 unspecified atom stereocenters. The molecule has 0 fully saturated rings. The number of halogens is 3. The number of alkyl halides is 3. The molecular weight excluding hydrogens is 437 g/mol. The van der Waals surface area contributed by atoms with Crippen molar-refractivity contribution >= 4 is 21.7 Å². The Hall–Kier alpha value is -2.86. The lowest BCUT2D eigenvalue weighted by Crippen LogP contribution is -2.31. The Balaban J connectivity index is 2.06. The number of pyridine rings is 1. The molecule has 1 heterocycles. The molecular formula is C19H23F3N4O4S. The predicted octanol–water partition coefficient (Wildman–Crippen LogP) is 2.64. The normalized spacial score (nSPS) is 12.0. The minimum absolute atomic E-state index is 0.0228. The fourth-order valence-corrected chi connectivity index (χ4v) is 4.08. The number of anilines is 1. The molecule has 0 aliphatic carbocycles. The third-order valence-electron chi connectivity index (χ3n) is 3.92. The summed E-state index contributed by atoms with van der Waals surface area (Å²) in [5, 5.41) is 5.05. The number of amides is 1. The number of rotatable bonds is 9. The van der Waals surface area contributed by atoms with E-state index in [0.717, 1.165) is 6.07 Å². The van der Waals surface area contributed by atoms with Crippen molar-refractivity contribution in [1.29, 1.82) is 0 Å². The average molecular weight is 460 g/mol. The number of aromatic nitrogens is 1. The molecule has 1 aromatic heterocycles.